The van der Waals surface area contributed by atoms with Crippen molar-refractivity contribution in [2.24, 2.45) is 35.5 Å². The van der Waals surface area contributed by atoms with Gasteiger partial charge in [0, 0.05) is 103 Å². The number of nitrogens with zero attached hydrogens (tertiary/aromatic N) is 1. The van der Waals surface area contributed by atoms with Gasteiger partial charge >= 0.3 is 5.97 Å². The highest BCUT2D eigenvalue weighted by molar-refractivity contribution is 5.82. The van der Waals surface area contributed by atoms with Crippen molar-refractivity contribution in [1.82, 2.24) is 4.90 Å². The van der Waals surface area contributed by atoms with Crippen LogP contribution in [0, 0.1) is 35.5 Å². The second-order valence-electron chi connectivity index (χ2n) is 16.6. The standard InChI is InChI=1S/C45H75NO12/c1-28-15-18-34(53-8)23-35-13-12-14-36(57-35)24-40(54-9)37(26-47)41(55-10)25-39(50)32(5)45(58-42(51)20-16-28)33(6)43(52)29(2)17-19-38(49)31(4)44(56-11)30(3)21-22-46(7)27-48/h12-13,15-16,20-22,27,29-37,39-41,43-45,47,50,52H,14,17-19,23-26H2,1-11H3/b20-16+,22-21+,28-15+/t29-,30+,31-,32-,33-,34-,35-,36-,37+,39+,40-,41-,43-,44+,45-/m0/s1. The summed E-state index contributed by atoms with van der Waals surface area (Å²) in [5.74, 6) is -3.40. The van der Waals surface area contributed by atoms with Crippen LogP contribution in [0.15, 0.2) is 48.2 Å². The first-order valence-electron chi connectivity index (χ1n) is 20.9. The number of esters is 1. The number of ketones is 1. The fourth-order valence-electron chi connectivity index (χ4n) is 8.27. The lowest BCUT2D eigenvalue weighted by Crippen LogP contribution is -2.46. The topological polar surface area (TPSA) is 171 Å². The fraction of sp³-hybridized carbons (Fsp3) is 0.756. The number of aliphatic hydroxyl groups is 3. The molecule has 0 aromatic rings. The Morgan fingerprint density at radius 3 is 2.29 bits per heavy atom. The number of aliphatic hydroxyl groups excluding tert-OH is 3. The molecular weight excluding hydrogens is 746 g/mol. The molecule has 0 spiro atoms. The highest BCUT2D eigenvalue weighted by atomic mass is 16.5. The first kappa shape index (κ1) is 51.4. The zero-order valence-corrected chi connectivity index (χ0v) is 36.9. The third-order valence-electron chi connectivity index (χ3n) is 12.3. The first-order valence-corrected chi connectivity index (χ1v) is 20.9. The van der Waals surface area contributed by atoms with Crippen molar-refractivity contribution in [3.63, 3.8) is 0 Å². The quantitative estimate of drug-likeness (QED) is 0.0997. The summed E-state index contributed by atoms with van der Waals surface area (Å²) in [4.78, 5) is 39.2. The zero-order valence-electron chi connectivity index (χ0n) is 36.9. The summed E-state index contributed by atoms with van der Waals surface area (Å²) < 4.78 is 35.9. The van der Waals surface area contributed by atoms with Crippen LogP contribution in [-0.4, -0.2) is 135 Å². The number of ether oxygens (including phenoxy) is 6. The summed E-state index contributed by atoms with van der Waals surface area (Å²) >= 11 is 0. The van der Waals surface area contributed by atoms with Crippen molar-refractivity contribution in [2.75, 3.05) is 42.1 Å². The van der Waals surface area contributed by atoms with Crippen molar-refractivity contribution in [3.05, 3.63) is 48.2 Å². The normalized spacial score (nSPS) is 32.8. The third-order valence-corrected chi connectivity index (χ3v) is 12.3. The molecule has 58 heavy (non-hydrogen) atoms. The lowest BCUT2D eigenvalue weighted by molar-refractivity contribution is -0.158. The number of fused-ring (bicyclic) bond motifs is 2. The summed E-state index contributed by atoms with van der Waals surface area (Å²) in [6.45, 7) is 10.8. The van der Waals surface area contributed by atoms with E-state index in [0.717, 1.165) is 5.57 Å². The molecule has 0 aromatic heterocycles. The molecule has 2 bridgehead atoms. The molecule has 15 atom stereocenters. The van der Waals surface area contributed by atoms with E-state index in [2.05, 4.69) is 12.2 Å². The Labute approximate surface area is 347 Å². The van der Waals surface area contributed by atoms with E-state index in [1.807, 2.05) is 39.8 Å². The molecule has 0 aliphatic carbocycles. The molecule has 2 heterocycles. The van der Waals surface area contributed by atoms with Crippen LogP contribution in [-0.2, 0) is 42.8 Å². The Hall–Kier alpha value is -2.75. The molecule has 2 aliphatic rings. The van der Waals surface area contributed by atoms with Crippen LogP contribution in [0.5, 0.6) is 0 Å². The average Bonchev–Trinajstić information content (AvgIpc) is 3.22. The van der Waals surface area contributed by atoms with Gasteiger partial charge in [-0.25, -0.2) is 4.79 Å². The molecule has 332 valence electrons. The Balaban J connectivity index is 2.37. The van der Waals surface area contributed by atoms with Crippen LogP contribution in [0.1, 0.15) is 86.5 Å². The summed E-state index contributed by atoms with van der Waals surface area (Å²) in [7, 11) is 7.98. The number of hydrogen-bond donors (Lipinski definition) is 3. The van der Waals surface area contributed by atoms with E-state index in [1.165, 1.54) is 18.1 Å². The predicted molar refractivity (Wildman–Crippen MR) is 222 cm³/mol. The number of Topliss-reactive ketones (excluding diaryl/α,β-unsaturated/α-hetero) is 1. The van der Waals surface area contributed by atoms with Gasteiger partial charge in [0.1, 0.15) is 11.9 Å². The molecule has 0 saturated carbocycles. The van der Waals surface area contributed by atoms with Gasteiger partial charge in [-0.1, -0.05) is 70.6 Å². The van der Waals surface area contributed by atoms with Crippen LogP contribution < -0.4 is 0 Å². The summed E-state index contributed by atoms with van der Waals surface area (Å²) in [6, 6.07) is 0. The number of hydrogen-bond acceptors (Lipinski definition) is 12. The summed E-state index contributed by atoms with van der Waals surface area (Å²) in [6.07, 6.45) is 11.5. The van der Waals surface area contributed by atoms with Crippen molar-refractivity contribution in [2.45, 2.75) is 141 Å². The third kappa shape index (κ3) is 16.0. The van der Waals surface area contributed by atoms with E-state index in [-0.39, 0.29) is 55.4 Å². The Bertz CT molecular complexity index is 1350. The number of methoxy groups -OCH3 is 4. The van der Waals surface area contributed by atoms with Crippen molar-refractivity contribution >= 4 is 18.2 Å². The van der Waals surface area contributed by atoms with Crippen LogP contribution >= 0.6 is 0 Å². The minimum absolute atomic E-state index is 0.0181. The number of allylic oxidation sites excluding steroid dienone is 2. The molecule has 0 saturated heterocycles. The fourth-order valence-corrected chi connectivity index (χ4v) is 8.27. The minimum Gasteiger partial charge on any atom is -0.458 e. The maximum Gasteiger partial charge on any atom is 0.331 e. The molecule has 1 amide bonds. The molecule has 2 aliphatic heterocycles. The van der Waals surface area contributed by atoms with Crippen molar-refractivity contribution in [1.29, 1.82) is 0 Å². The largest absolute Gasteiger partial charge is 0.458 e. The second kappa shape index (κ2) is 26.5. The molecule has 0 radical (unpaired) electrons. The second-order valence-corrected chi connectivity index (χ2v) is 16.6. The van der Waals surface area contributed by atoms with Gasteiger partial charge in [0.05, 0.1) is 55.4 Å². The van der Waals surface area contributed by atoms with Crippen LogP contribution in [0.2, 0.25) is 0 Å². The molecule has 3 N–H and O–H groups in total. The lowest BCUT2D eigenvalue weighted by atomic mass is 9.78. The number of cyclic esters (lactones) is 1. The van der Waals surface area contributed by atoms with Crippen molar-refractivity contribution < 1.29 is 58.1 Å². The Morgan fingerprint density at radius 1 is 1.02 bits per heavy atom. The lowest BCUT2D eigenvalue weighted by Gasteiger charge is -2.38. The van der Waals surface area contributed by atoms with E-state index < -0.39 is 66.3 Å². The monoisotopic (exact) mass is 822 g/mol. The van der Waals surface area contributed by atoms with Gasteiger partial charge in [-0.15, -0.1) is 0 Å². The molecule has 0 fully saturated rings. The summed E-state index contributed by atoms with van der Waals surface area (Å²) in [5, 5.41) is 34.2. The molecule has 13 nitrogen and oxygen atoms in total. The van der Waals surface area contributed by atoms with Gasteiger partial charge in [0.25, 0.3) is 0 Å². The number of carbonyl (C=O) groups excluding carboxylic acids is 3. The molecule has 0 unspecified atom stereocenters. The zero-order chi connectivity index (χ0) is 43.5. The molecule has 13 heteroatoms. The van der Waals surface area contributed by atoms with E-state index in [4.69, 9.17) is 28.4 Å². The Kier molecular flexibility index (Phi) is 23.4. The molecule has 2 rings (SSSR count). The van der Waals surface area contributed by atoms with Gasteiger partial charge in [0.2, 0.25) is 6.41 Å². The van der Waals surface area contributed by atoms with Crippen LogP contribution in [0.3, 0.4) is 0 Å². The van der Waals surface area contributed by atoms with E-state index in [9.17, 15) is 29.7 Å². The predicted octanol–water partition coefficient (Wildman–Crippen LogP) is 5.21. The Morgan fingerprint density at radius 2 is 1.69 bits per heavy atom. The maximum absolute atomic E-state index is 13.4. The minimum atomic E-state index is -1.06. The van der Waals surface area contributed by atoms with Gasteiger partial charge in [-0.3, -0.25) is 9.59 Å². The van der Waals surface area contributed by atoms with E-state index in [0.29, 0.717) is 38.5 Å². The van der Waals surface area contributed by atoms with Crippen LogP contribution in [0.4, 0.5) is 0 Å². The number of carbonyl (C=O) groups is 3. The number of rotatable bonds is 17. The molecular formula is C45H75NO12. The summed E-state index contributed by atoms with van der Waals surface area (Å²) in [5.41, 5.74) is 0.840. The smallest absolute Gasteiger partial charge is 0.331 e. The van der Waals surface area contributed by atoms with Crippen molar-refractivity contribution in [3.8, 4) is 0 Å². The number of amides is 1. The molecule has 0 aromatic carbocycles. The first-order chi connectivity index (χ1) is 27.5. The maximum atomic E-state index is 13.4. The van der Waals surface area contributed by atoms with E-state index in [1.54, 1.807) is 54.5 Å². The van der Waals surface area contributed by atoms with Crippen LogP contribution in [0.25, 0.3) is 0 Å². The van der Waals surface area contributed by atoms with Gasteiger partial charge in [-0.05, 0) is 32.1 Å². The van der Waals surface area contributed by atoms with Gasteiger partial charge < -0.3 is 48.6 Å². The SMILES string of the molecule is CO[C@H]1C/C=C(C)/C=C/C(=O)O[C@H]([C@@H](C)[C@@H](O)[C@@H](C)CCC(=O)[C@H](C)[C@H](OC)[C@H](C)/C=C/N(C)C=O)[C@@H](C)[C@H](O)C[C@H](OC)[C@H](CO)[C@@H](OC)C[C@@H]2CC=C[C@@H](C1)O2. The highest BCUT2D eigenvalue weighted by Gasteiger charge is 2.40. The van der Waals surface area contributed by atoms with E-state index >= 15 is 0 Å². The van der Waals surface area contributed by atoms with Gasteiger partial charge in [0.15, 0.2) is 0 Å². The van der Waals surface area contributed by atoms with Gasteiger partial charge in [-0.2, -0.15) is 0 Å². The average molecular weight is 822 g/mol. The highest BCUT2D eigenvalue weighted by Crippen LogP contribution is 2.33.